The Kier molecular flexibility index (Phi) is 5.13. The van der Waals surface area contributed by atoms with Gasteiger partial charge in [-0.1, -0.05) is 30.3 Å². The first-order chi connectivity index (χ1) is 11.7. The molecule has 1 atom stereocenters. The van der Waals surface area contributed by atoms with Crippen LogP contribution in [-0.4, -0.2) is 30.8 Å². The number of aromatic nitrogens is 2. The van der Waals surface area contributed by atoms with Crippen molar-refractivity contribution in [2.45, 2.75) is 35.3 Å². The maximum absolute atomic E-state index is 13.0. The van der Waals surface area contributed by atoms with E-state index in [0.29, 0.717) is 18.0 Å². The van der Waals surface area contributed by atoms with Gasteiger partial charge in [0, 0.05) is 11.4 Å². The lowest BCUT2D eigenvalue weighted by atomic mass is 10.2. The summed E-state index contributed by atoms with van der Waals surface area (Å²) < 4.78 is 27.8. The molecule has 1 N–H and O–H groups in total. The number of para-hydroxylation sites is 1. The van der Waals surface area contributed by atoms with Crippen LogP contribution in [0.5, 0.6) is 0 Å². The van der Waals surface area contributed by atoms with Gasteiger partial charge in [0.1, 0.15) is 0 Å². The average molecular weight is 378 g/mol. The standard InChI is InChI=1S/C18H19N3O2S.ClH/c22-24(23,15-8-2-1-3-9-15)18-16-10-4-5-11-17(16)21(20-18)13-14-7-6-12-19-14;/h1-5,8-11,14,19H,6-7,12-13H2;1H. The molecule has 3 aromatic rings. The van der Waals surface area contributed by atoms with E-state index in [0.717, 1.165) is 24.9 Å². The molecule has 0 amide bonds. The minimum Gasteiger partial charge on any atom is -0.312 e. The molecule has 4 rings (SSSR count). The molecule has 0 aliphatic carbocycles. The smallest absolute Gasteiger partial charge is 0.226 e. The summed E-state index contributed by atoms with van der Waals surface area (Å²) in [5.74, 6) is 0. The lowest BCUT2D eigenvalue weighted by molar-refractivity contribution is 0.478. The fourth-order valence-electron chi connectivity index (χ4n) is 3.27. The van der Waals surface area contributed by atoms with Crippen LogP contribution in [0.15, 0.2) is 64.5 Å². The van der Waals surface area contributed by atoms with Gasteiger partial charge in [0.15, 0.2) is 5.03 Å². The van der Waals surface area contributed by atoms with E-state index in [-0.39, 0.29) is 22.3 Å². The summed E-state index contributed by atoms with van der Waals surface area (Å²) in [7, 11) is -3.63. The zero-order valence-electron chi connectivity index (χ0n) is 13.6. The first-order valence-corrected chi connectivity index (χ1v) is 9.63. The lowest BCUT2D eigenvalue weighted by Gasteiger charge is -2.10. The van der Waals surface area contributed by atoms with E-state index < -0.39 is 9.84 Å². The van der Waals surface area contributed by atoms with Gasteiger partial charge in [-0.3, -0.25) is 4.68 Å². The van der Waals surface area contributed by atoms with Crippen LogP contribution in [0, 0.1) is 0 Å². The molecule has 0 bridgehead atoms. The first-order valence-electron chi connectivity index (χ1n) is 8.15. The topological polar surface area (TPSA) is 64.0 Å². The van der Waals surface area contributed by atoms with Crippen LogP contribution in [0.3, 0.4) is 0 Å². The van der Waals surface area contributed by atoms with Crippen LogP contribution in [0.1, 0.15) is 12.8 Å². The number of hydrogen-bond donors (Lipinski definition) is 1. The molecule has 1 fully saturated rings. The van der Waals surface area contributed by atoms with Crippen molar-refractivity contribution in [2.75, 3.05) is 6.54 Å². The van der Waals surface area contributed by atoms with E-state index >= 15 is 0 Å². The Bertz CT molecular complexity index is 964. The Morgan fingerprint density at radius 2 is 1.80 bits per heavy atom. The maximum Gasteiger partial charge on any atom is 0.226 e. The molecule has 25 heavy (non-hydrogen) atoms. The summed E-state index contributed by atoms with van der Waals surface area (Å²) in [5, 5.41) is 8.75. The molecule has 2 aromatic carbocycles. The molecule has 1 aliphatic rings. The molecule has 0 spiro atoms. The third kappa shape index (κ3) is 3.29. The van der Waals surface area contributed by atoms with E-state index in [1.807, 2.05) is 35.0 Å². The molecule has 1 saturated heterocycles. The second-order valence-electron chi connectivity index (χ2n) is 6.11. The van der Waals surface area contributed by atoms with Crippen molar-refractivity contribution in [3.05, 3.63) is 54.6 Å². The van der Waals surface area contributed by atoms with Crippen molar-refractivity contribution >= 4 is 33.1 Å². The van der Waals surface area contributed by atoms with E-state index in [1.165, 1.54) is 0 Å². The Balaban J connectivity index is 0.00000182. The number of fused-ring (bicyclic) bond motifs is 1. The van der Waals surface area contributed by atoms with Crippen LogP contribution in [0.25, 0.3) is 10.9 Å². The Hall–Kier alpha value is -1.89. The second-order valence-corrected chi connectivity index (χ2v) is 7.98. The van der Waals surface area contributed by atoms with Crippen molar-refractivity contribution in [1.29, 1.82) is 0 Å². The van der Waals surface area contributed by atoms with E-state index in [4.69, 9.17) is 0 Å². The molecule has 0 saturated carbocycles. The normalized spacial score (nSPS) is 17.5. The van der Waals surface area contributed by atoms with Crippen LogP contribution >= 0.6 is 12.4 Å². The summed E-state index contributed by atoms with van der Waals surface area (Å²) in [4.78, 5) is 0.277. The largest absolute Gasteiger partial charge is 0.312 e. The summed E-state index contributed by atoms with van der Waals surface area (Å²) in [6, 6.07) is 16.4. The van der Waals surface area contributed by atoms with E-state index in [1.54, 1.807) is 24.3 Å². The van der Waals surface area contributed by atoms with Gasteiger partial charge >= 0.3 is 0 Å². The fraction of sp³-hybridized carbons (Fsp3) is 0.278. The van der Waals surface area contributed by atoms with Crippen LogP contribution in [0.4, 0.5) is 0 Å². The van der Waals surface area contributed by atoms with Gasteiger partial charge in [-0.05, 0) is 43.7 Å². The summed E-state index contributed by atoms with van der Waals surface area (Å²) >= 11 is 0. The number of hydrogen-bond acceptors (Lipinski definition) is 4. The maximum atomic E-state index is 13.0. The van der Waals surface area contributed by atoms with Crippen molar-refractivity contribution in [3.8, 4) is 0 Å². The number of nitrogens with one attached hydrogen (secondary N) is 1. The molecular formula is C18H20ClN3O2S. The number of rotatable bonds is 4. The van der Waals surface area contributed by atoms with Gasteiger partial charge in [-0.2, -0.15) is 5.10 Å². The first kappa shape index (κ1) is 17.9. The van der Waals surface area contributed by atoms with Crippen molar-refractivity contribution in [2.24, 2.45) is 0 Å². The molecular weight excluding hydrogens is 358 g/mol. The zero-order chi connectivity index (χ0) is 16.6. The number of nitrogens with zero attached hydrogens (tertiary/aromatic N) is 2. The molecule has 0 radical (unpaired) electrons. The van der Waals surface area contributed by atoms with Gasteiger partial charge in [-0.15, -0.1) is 12.4 Å². The van der Waals surface area contributed by atoms with Gasteiger partial charge in [-0.25, -0.2) is 8.42 Å². The van der Waals surface area contributed by atoms with Crippen LogP contribution in [0.2, 0.25) is 0 Å². The highest BCUT2D eigenvalue weighted by molar-refractivity contribution is 7.91. The van der Waals surface area contributed by atoms with Gasteiger partial charge < -0.3 is 5.32 Å². The summed E-state index contributed by atoms with van der Waals surface area (Å²) in [6.07, 6.45) is 2.24. The van der Waals surface area contributed by atoms with Gasteiger partial charge in [0.05, 0.1) is 17.0 Å². The molecule has 7 heteroatoms. The van der Waals surface area contributed by atoms with Gasteiger partial charge in [0.25, 0.3) is 0 Å². The van der Waals surface area contributed by atoms with Crippen LogP contribution in [-0.2, 0) is 16.4 Å². The highest BCUT2D eigenvalue weighted by atomic mass is 35.5. The predicted molar refractivity (Wildman–Crippen MR) is 99.9 cm³/mol. The third-order valence-corrected chi connectivity index (χ3v) is 6.19. The summed E-state index contributed by atoms with van der Waals surface area (Å²) in [5.41, 5.74) is 0.862. The Morgan fingerprint density at radius 3 is 2.52 bits per heavy atom. The molecule has 1 aromatic heterocycles. The van der Waals surface area contributed by atoms with Crippen molar-refractivity contribution < 1.29 is 8.42 Å². The molecule has 132 valence electrons. The van der Waals surface area contributed by atoms with Crippen molar-refractivity contribution in [3.63, 3.8) is 0 Å². The highest BCUT2D eigenvalue weighted by Crippen LogP contribution is 2.28. The number of sulfone groups is 1. The monoisotopic (exact) mass is 377 g/mol. The predicted octanol–water partition coefficient (Wildman–Crippen LogP) is 3.04. The zero-order valence-corrected chi connectivity index (χ0v) is 15.3. The molecule has 5 nitrogen and oxygen atoms in total. The highest BCUT2D eigenvalue weighted by Gasteiger charge is 2.26. The summed E-state index contributed by atoms with van der Waals surface area (Å²) in [6.45, 7) is 1.70. The Labute approximate surface area is 153 Å². The van der Waals surface area contributed by atoms with E-state index in [9.17, 15) is 8.42 Å². The minimum absolute atomic E-state index is 0. The van der Waals surface area contributed by atoms with Gasteiger partial charge in [0.2, 0.25) is 9.84 Å². The SMILES string of the molecule is Cl.O=S(=O)(c1ccccc1)c1nn(CC2CCCN2)c2ccccc12. The molecule has 1 aliphatic heterocycles. The number of benzene rings is 2. The minimum atomic E-state index is -3.63. The van der Waals surface area contributed by atoms with E-state index in [2.05, 4.69) is 10.4 Å². The fourth-order valence-corrected chi connectivity index (χ4v) is 4.67. The number of halogens is 1. The average Bonchev–Trinajstić information content (AvgIpc) is 3.25. The Morgan fingerprint density at radius 1 is 1.08 bits per heavy atom. The second kappa shape index (κ2) is 7.15. The van der Waals surface area contributed by atoms with Crippen LogP contribution < -0.4 is 5.32 Å². The molecule has 1 unspecified atom stereocenters. The van der Waals surface area contributed by atoms with Crippen molar-refractivity contribution in [1.82, 2.24) is 15.1 Å². The third-order valence-electron chi connectivity index (χ3n) is 4.49. The lowest BCUT2D eigenvalue weighted by Crippen LogP contribution is -2.27. The quantitative estimate of drug-likeness (QED) is 0.759. The molecule has 2 heterocycles.